The molecule has 3 heterocycles. The summed E-state index contributed by atoms with van der Waals surface area (Å²) >= 11 is 0. The van der Waals surface area contributed by atoms with Crippen molar-refractivity contribution >= 4 is 40.2 Å². The van der Waals surface area contributed by atoms with Crippen molar-refractivity contribution in [2.75, 3.05) is 6.61 Å². The molecule has 3 aromatic rings. The maximum atomic E-state index is 12.5. The fourth-order valence-corrected chi connectivity index (χ4v) is 5.11. The highest BCUT2D eigenvalue weighted by Gasteiger charge is 2.27. The number of rotatable bonds is 3. The number of hydrogen-bond acceptors (Lipinski definition) is 3. The normalized spacial score (nSPS) is 16.9. The Morgan fingerprint density at radius 1 is 1.14 bits per heavy atom. The lowest BCUT2D eigenvalue weighted by Gasteiger charge is -2.24. The average molecular weight is 399 g/mol. The molecule has 5 rings (SSSR count). The molecule has 1 saturated carbocycles. The zero-order chi connectivity index (χ0) is 18.4. The van der Waals surface area contributed by atoms with E-state index < -0.39 is 0 Å². The molecule has 1 aliphatic heterocycles. The Morgan fingerprint density at radius 3 is 2.75 bits per heavy atom. The van der Waals surface area contributed by atoms with Crippen LogP contribution in [0.25, 0.3) is 21.8 Å². The van der Waals surface area contributed by atoms with Crippen LogP contribution in [0.1, 0.15) is 73.1 Å². The lowest BCUT2D eigenvalue weighted by Crippen LogP contribution is -2.15. The minimum absolute atomic E-state index is 0. The Hall–Kier alpha value is -2.07. The van der Waals surface area contributed by atoms with Crippen LogP contribution in [-0.4, -0.2) is 22.1 Å². The number of hydrogen-bond donors (Lipinski definition) is 0. The highest BCUT2D eigenvalue weighted by Crippen LogP contribution is 2.41. The molecule has 28 heavy (non-hydrogen) atoms. The van der Waals surface area contributed by atoms with Gasteiger partial charge in [0.2, 0.25) is 0 Å². The molecule has 1 fully saturated rings. The molecule has 0 saturated heterocycles. The van der Waals surface area contributed by atoms with Crippen molar-refractivity contribution < 1.29 is 9.53 Å². The van der Waals surface area contributed by atoms with Crippen LogP contribution in [0.4, 0.5) is 0 Å². The van der Waals surface area contributed by atoms with Crippen molar-refractivity contribution in [3.63, 3.8) is 0 Å². The predicted molar refractivity (Wildman–Crippen MR) is 115 cm³/mol. The molecule has 0 unspecified atom stereocenters. The van der Waals surface area contributed by atoms with E-state index in [1.165, 1.54) is 65.9 Å². The molecule has 2 aromatic heterocycles. The summed E-state index contributed by atoms with van der Waals surface area (Å²) < 4.78 is 7.77. The standard InChI is InChI=1S/C23H26N2O2.ClH/c1-2-27-23(26)19-14-18-17-12-6-10-16-11-7-13-25(21(16)17)22(18)20(24-19)15-8-4-3-5-9-15;/h6,10,12,14-15H,2-5,7-9,11,13H2,1H3;1H. The van der Waals surface area contributed by atoms with Gasteiger partial charge in [0, 0.05) is 23.2 Å². The number of halogens is 1. The topological polar surface area (TPSA) is 44.1 Å². The third-order valence-electron chi connectivity index (χ3n) is 6.27. The molecule has 4 nitrogen and oxygen atoms in total. The van der Waals surface area contributed by atoms with Gasteiger partial charge >= 0.3 is 5.97 Å². The molecular formula is C23H27ClN2O2. The maximum absolute atomic E-state index is 12.5. The molecule has 2 aliphatic rings. The van der Waals surface area contributed by atoms with Crippen LogP contribution in [0.2, 0.25) is 0 Å². The van der Waals surface area contributed by atoms with Crippen LogP contribution < -0.4 is 0 Å². The Kier molecular flexibility index (Phi) is 5.33. The number of nitrogens with zero attached hydrogens (tertiary/aromatic N) is 2. The molecule has 0 bridgehead atoms. The number of para-hydroxylation sites is 1. The third kappa shape index (κ3) is 2.98. The Morgan fingerprint density at radius 2 is 1.96 bits per heavy atom. The molecule has 0 N–H and O–H groups in total. The highest BCUT2D eigenvalue weighted by molar-refractivity contribution is 6.11. The van der Waals surface area contributed by atoms with Crippen LogP contribution in [0.3, 0.4) is 0 Å². The van der Waals surface area contributed by atoms with Gasteiger partial charge < -0.3 is 9.30 Å². The SMILES string of the molecule is CCOC(=O)c1cc2c3cccc4c3n(c2c(C2CCCCC2)n1)CCC4.Cl. The van der Waals surface area contributed by atoms with Gasteiger partial charge in [0.05, 0.1) is 23.3 Å². The van der Waals surface area contributed by atoms with Gasteiger partial charge in [-0.3, -0.25) is 0 Å². The van der Waals surface area contributed by atoms with Crippen molar-refractivity contribution in [1.82, 2.24) is 9.55 Å². The predicted octanol–water partition coefficient (Wildman–Crippen LogP) is 5.78. The minimum atomic E-state index is -0.302. The number of ether oxygens (including phenoxy) is 1. The smallest absolute Gasteiger partial charge is 0.356 e. The molecule has 0 radical (unpaired) electrons. The van der Waals surface area contributed by atoms with E-state index in [4.69, 9.17) is 9.72 Å². The van der Waals surface area contributed by atoms with Gasteiger partial charge in [-0.1, -0.05) is 37.5 Å². The second-order valence-corrected chi connectivity index (χ2v) is 7.91. The summed E-state index contributed by atoms with van der Waals surface area (Å²) in [5, 5.41) is 2.43. The van der Waals surface area contributed by atoms with Gasteiger partial charge in [-0.2, -0.15) is 0 Å². The van der Waals surface area contributed by atoms with Crippen molar-refractivity contribution in [1.29, 1.82) is 0 Å². The first-order chi connectivity index (χ1) is 13.3. The average Bonchev–Trinajstić information content (AvgIpc) is 3.04. The number of esters is 1. The lowest BCUT2D eigenvalue weighted by atomic mass is 9.86. The fraction of sp³-hybridized carbons (Fsp3) is 0.478. The first kappa shape index (κ1) is 19.3. The summed E-state index contributed by atoms with van der Waals surface area (Å²) in [4.78, 5) is 17.4. The van der Waals surface area contributed by atoms with E-state index in [9.17, 15) is 4.79 Å². The van der Waals surface area contributed by atoms with E-state index in [0.717, 1.165) is 18.7 Å². The van der Waals surface area contributed by atoms with Crippen LogP contribution in [0, 0.1) is 0 Å². The molecule has 0 atom stereocenters. The fourth-order valence-electron chi connectivity index (χ4n) is 5.11. The lowest BCUT2D eigenvalue weighted by molar-refractivity contribution is 0.0519. The van der Waals surface area contributed by atoms with Gasteiger partial charge in [0.25, 0.3) is 0 Å². The van der Waals surface area contributed by atoms with Crippen LogP contribution in [0.15, 0.2) is 24.3 Å². The molecular weight excluding hydrogens is 372 g/mol. The molecule has 1 aliphatic carbocycles. The number of pyridine rings is 1. The quantitative estimate of drug-likeness (QED) is 0.525. The van der Waals surface area contributed by atoms with E-state index in [0.29, 0.717) is 18.2 Å². The number of benzene rings is 1. The zero-order valence-electron chi connectivity index (χ0n) is 16.4. The summed E-state index contributed by atoms with van der Waals surface area (Å²) in [6, 6.07) is 8.56. The second-order valence-electron chi connectivity index (χ2n) is 7.91. The van der Waals surface area contributed by atoms with Crippen LogP contribution in [0.5, 0.6) is 0 Å². The van der Waals surface area contributed by atoms with E-state index in [2.05, 4.69) is 22.8 Å². The molecule has 0 amide bonds. The molecule has 5 heteroatoms. The third-order valence-corrected chi connectivity index (χ3v) is 6.27. The summed E-state index contributed by atoms with van der Waals surface area (Å²) in [6.45, 7) is 3.26. The summed E-state index contributed by atoms with van der Waals surface area (Å²) in [5.74, 6) is 0.143. The molecule has 0 spiro atoms. The van der Waals surface area contributed by atoms with Crippen LogP contribution >= 0.6 is 12.4 Å². The highest BCUT2D eigenvalue weighted by atomic mass is 35.5. The monoisotopic (exact) mass is 398 g/mol. The number of fused-ring (bicyclic) bond motifs is 3. The van der Waals surface area contributed by atoms with E-state index >= 15 is 0 Å². The number of aryl methyl sites for hydroxylation is 2. The van der Waals surface area contributed by atoms with Gasteiger partial charge in [0.1, 0.15) is 5.69 Å². The van der Waals surface area contributed by atoms with Crippen molar-refractivity contribution in [2.45, 2.75) is 64.3 Å². The summed E-state index contributed by atoms with van der Waals surface area (Å²) in [6.07, 6.45) is 8.45. The second kappa shape index (κ2) is 7.75. The Labute approximate surface area is 171 Å². The minimum Gasteiger partial charge on any atom is -0.461 e. The first-order valence-corrected chi connectivity index (χ1v) is 10.4. The number of carbonyl (C=O) groups excluding carboxylic acids is 1. The Balaban J connectivity index is 0.00000192. The van der Waals surface area contributed by atoms with E-state index in [1.807, 2.05) is 13.0 Å². The summed E-state index contributed by atoms with van der Waals surface area (Å²) in [7, 11) is 0. The van der Waals surface area contributed by atoms with Crippen molar-refractivity contribution in [3.8, 4) is 0 Å². The number of carbonyl (C=O) groups is 1. The van der Waals surface area contributed by atoms with Gasteiger partial charge in [0.15, 0.2) is 0 Å². The summed E-state index contributed by atoms with van der Waals surface area (Å²) in [5.41, 5.74) is 5.62. The van der Waals surface area contributed by atoms with Crippen molar-refractivity contribution in [3.05, 3.63) is 41.2 Å². The van der Waals surface area contributed by atoms with Crippen LogP contribution in [-0.2, 0) is 17.7 Å². The number of aromatic nitrogens is 2. The van der Waals surface area contributed by atoms with Crippen molar-refractivity contribution in [2.24, 2.45) is 0 Å². The zero-order valence-corrected chi connectivity index (χ0v) is 17.2. The van der Waals surface area contributed by atoms with E-state index in [1.54, 1.807) is 0 Å². The van der Waals surface area contributed by atoms with E-state index in [-0.39, 0.29) is 18.4 Å². The first-order valence-electron chi connectivity index (χ1n) is 10.4. The van der Waals surface area contributed by atoms with Gasteiger partial charge in [-0.05, 0) is 44.2 Å². The molecule has 1 aromatic carbocycles. The molecule has 148 valence electrons. The van der Waals surface area contributed by atoms with Gasteiger partial charge in [-0.15, -0.1) is 12.4 Å². The maximum Gasteiger partial charge on any atom is 0.356 e. The van der Waals surface area contributed by atoms with Gasteiger partial charge in [-0.25, -0.2) is 9.78 Å². The Bertz CT molecular complexity index is 1030. The largest absolute Gasteiger partial charge is 0.461 e.